The van der Waals surface area contributed by atoms with Gasteiger partial charge in [0, 0.05) is 25.3 Å². The molecule has 0 saturated carbocycles. The third-order valence-corrected chi connectivity index (χ3v) is 4.82. The van der Waals surface area contributed by atoms with Crippen LogP contribution in [0.25, 0.3) is 0 Å². The van der Waals surface area contributed by atoms with Gasteiger partial charge in [0.15, 0.2) is 0 Å². The van der Waals surface area contributed by atoms with Crippen molar-refractivity contribution in [2.75, 3.05) is 32.8 Å². The Morgan fingerprint density at radius 3 is 2.54 bits per heavy atom. The molecule has 0 aromatic heterocycles. The predicted molar refractivity (Wildman–Crippen MR) is 105 cm³/mol. The van der Waals surface area contributed by atoms with Gasteiger partial charge < -0.3 is 20.7 Å². The van der Waals surface area contributed by atoms with Gasteiger partial charge in [0.2, 0.25) is 5.91 Å². The number of rotatable bonds is 7. The van der Waals surface area contributed by atoms with Crippen LogP contribution in [0, 0.1) is 0 Å². The van der Waals surface area contributed by atoms with Gasteiger partial charge in [-0.2, -0.15) is 0 Å². The van der Waals surface area contributed by atoms with Gasteiger partial charge in [-0.05, 0) is 44.0 Å². The van der Waals surface area contributed by atoms with E-state index in [0.717, 1.165) is 19.3 Å². The monoisotopic (exact) mass is 423 g/mol. The Kier molecular flexibility index (Phi) is 10.3. The molecular weight excluding hydrogens is 401 g/mol. The van der Waals surface area contributed by atoms with Gasteiger partial charge in [-0.1, -0.05) is 23.2 Å². The van der Waals surface area contributed by atoms with Gasteiger partial charge in [0.05, 0.1) is 22.7 Å². The Morgan fingerprint density at radius 1 is 1.23 bits per heavy atom. The normalized spacial score (nSPS) is 14.7. The van der Waals surface area contributed by atoms with E-state index in [2.05, 4.69) is 5.32 Å². The second kappa shape index (κ2) is 11.6. The average molecular weight is 425 g/mol. The maximum Gasteiger partial charge on any atom is 0.251 e. The zero-order chi connectivity index (χ0) is 18.2. The van der Waals surface area contributed by atoms with Crippen LogP contribution in [-0.2, 0) is 9.53 Å². The van der Waals surface area contributed by atoms with E-state index in [-0.39, 0.29) is 36.9 Å². The summed E-state index contributed by atoms with van der Waals surface area (Å²) in [5.74, 6) is -0.458. The topological polar surface area (TPSA) is 84.7 Å². The molecule has 0 aliphatic carbocycles. The number of nitrogens with one attached hydrogen (secondary N) is 1. The molecule has 2 amide bonds. The SMILES string of the molecule is Cl.NCCCOC1CCN(C(=O)CNC(=O)c2ccc(Cl)c(Cl)c2)CC1. The summed E-state index contributed by atoms with van der Waals surface area (Å²) in [6.45, 7) is 2.51. The summed E-state index contributed by atoms with van der Waals surface area (Å²) in [7, 11) is 0. The maximum absolute atomic E-state index is 12.2. The average Bonchev–Trinajstić information content (AvgIpc) is 2.62. The number of carbonyl (C=O) groups excluding carboxylic acids is 2. The van der Waals surface area contributed by atoms with E-state index in [0.29, 0.717) is 41.8 Å². The third-order valence-electron chi connectivity index (χ3n) is 4.08. The van der Waals surface area contributed by atoms with Crippen LogP contribution in [0.2, 0.25) is 10.0 Å². The minimum atomic E-state index is -0.355. The highest BCUT2D eigenvalue weighted by Crippen LogP contribution is 2.22. The van der Waals surface area contributed by atoms with Crippen molar-refractivity contribution in [3.8, 4) is 0 Å². The van der Waals surface area contributed by atoms with Crippen LogP contribution in [-0.4, -0.2) is 55.6 Å². The Balaban J connectivity index is 0.00000338. The lowest BCUT2D eigenvalue weighted by molar-refractivity contribution is -0.132. The van der Waals surface area contributed by atoms with Crippen molar-refractivity contribution in [2.45, 2.75) is 25.4 Å². The fourth-order valence-electron chi connectivity index (χ4n) is 2.61. The van der Waals surface area contributed by atoms with Crippen LogP contribution in [0.15, 0.2) is 18.2 Å². The smallest absolute Gasteiger partial charge is 0.251 e. The summed E-state index contributed by atoms with van der Waals surface area (Å²) in [6, 6.07) is 4.60. The maximum atomic E-state index is 12.2. The van der Waals surface area contributed by atoms with Crippen molar-refractivity contribution < 1.29 is 14.3 Å². The van der Waals surface area contributed by atoms with E-state index in [1.165, 1.54) is 6.07 Å². The minimum absolute atomic E-state index is 0. The second-order valence-corrected chi connectivity index (χ2v) is 6.72. The van der Waals surface area contributed by atoms with Gasteiger partial charge in [0.25, 0.3) is 5.91 Å². The van der Waals surface area contributed by atoms with Crippen LogP contribution < -0.4 is 11.1 Å². The molecule has 0 radical (unpaired) electrons. The number of benzene rings is 1. The molecule has 1 heterocycles. The van der Waals surface area contributed by atoms with Crippen molar-refractivity contribution in [3.63, 3.8) is 0 Å². The first-order chi connectivity index (χ1) is 12.0. The number of nitrogens with zero attached hydrogens (tertiary/aromatic N) is 1. The molecular formula is C17H24Cl3N3O3. The van der Waals surface area contributed by atoms with Crippen LogP contribution >= 0.6 is 35.6 Å². The van der Waals surface area contributed by atoms with Crippen molar-refractivity contribution in [2.24, 2.45) is 5.73 Å². The van der Waals surface area contributed by atoms with Gasteiger partial charge in [-0.3, -0.25) is 9.59 Å². The quantitative estimate of drug-likeness (QED) is 0.659. The summed E-state index contributed by atoms with van der Waals surface area (Å²) < 4.78 is 5.72. The highest BCUT2D eigenvalue weighted by Gasteiger charge is 2.23. The molecule has 1 fully saturated rings. The van der Waals surface area contributed by atoms with Gasteiger partial charge >= 0.3 is 0 Å². The highest BCUT2D eigenvalue weighted by atomic mass is 35.5. The molecule has 0 bridgehead atoms. The van der Waals surface area contributed by atoms with E-state index in [4.69, 9.17) is 33.7 Å². The van der Waals surface area contributed by atoms with Crippen molar-refractivity contribution in [1.82, 2.24) is 10.2 Å². The largest absolute Gasteiger partial charge is 0.378 e. The second-order valence-electron chi connectivity index (χ2n) is 5.90. The number of piperidine rings is 1. The lowest BCUT2D eigenvalue weighted by Gasteiger charge is -2.32. The van der Waals surface area contributed by atoms with E-state index >= 15 is 0 Å². The molecule has 3 N–H and O–H groups in total. The number of ether oxygens (including phenoxy) is 1. The number of amides is 2. The molecule has 0 spiro atoms. The summed E-state index contributed by atoms with van der Waals surface area (Å²) >= 11 is 11.7. The first-order valence-electron chi connectivity index (χ1n) is 8.34. The van der Waals surface area contributed by atoms with Gasteiger partial charge in [0.1, 0.15) is 0 Å². The van der Waals surface area contributed by atoms with Gasteiger partial charge in [-0.15, -0.1) is 12.4 Å². The first-order valence-corrected chi connectivity index (χ1v) is 9.09. The zero-order valence-corrected chi connectivity index (χ0v) is 16.7. The molecule has 1 saturated heterocycles. The zero-order valence-electron chi connectivity index (χ0n) is 14.4. The summed E-state index contributed by atoms with van der Waals surface area (Å²) in [5.41, 5.74) is 5.81. The molecule has 146 valence electrons. The van der Waals surface area contributed by atoms with Crippen LogP contribution in [0.4, 0.5) is 0 Å². The van der Waals surface area contributed by atoms with E-state index in [9.17, 15) is 9.59 Å². The molecule has 1 aliphatic heterocycles. The van der Waals surface area contributed by atoms with Crippen LogP contribution in [0.3, 0.4) is 0 Å². The lowest BCUT2D eigenvalue weighted by atomic mass is 10.1. The Labute approximate surface area is 169 Å². The summed E-state index contributed by atoms with van der Waals surface area (Å²) in [4.78, 5) is 26.1. The fraction of sp³-hybridized carbons (Fsp3) is 0.529. The van der Waals surface area contributed by atoms with E-state index in [1.54, 1.807) is 17.0 Å². The van der Waals surface area contributed by atoms with Crippen molar-refractivity contribution in [1.29, 1.82) is 0 Å². The molecule has 26 heavy (non-hydrogen) atoms. The molecule has 1 aromatic carbocycles. The molecule has 1 aromatic rings. The predicted octanol–water partition coefficient (Wildman–Crippen LogP) is 2.50. The van der Waals surface area contributed by atoms with E-state index in [1.807, 2.05) is 0 Å². The molecule has 6 nitrogen and oxygen atoms in total. The standard InChI is InChI=1S/C17H23Cl2N3O3.ClH/c18-14-3-2-12(10-15(14)19)17(24)21-11-16(23)22-7-4-13(5-8-22)25-9-1-6-20;/h2-3,10,13H,1,4-9,11,20H2,(H,21,24);1H. The molecule has 0 atom stereocenters. The highest BCUT2D eigenvalue weighted by molar-refractivity contribution is 6.42. The van der Waals surface area contributed by atoms with Crippen molar-refractivity contribution >= 4 is 47.4 Å². The minimum Gasteiger partial charge on any atom is -0.378 e. The third kappa shape index (κ3) is 6.93. The number of hydrogen-bond acceptors (Lipinski definition) is 4. The van der Waals surface area contributed by atoms with Crippen molar-refractivity contribution in [3.05, 3.63) is 33.8 Å². The summed E-state index contributed by atoms with van der Waals surface area (Å²) in [5, 5.41) is 3.30. The first kappa shape index (κ1) is 23.0. The Bertz CT molecular complexity index is 608. The number of likely N-dealkylation sites (tertiary alicyclic amines) is 1. The Morgan fingerprint density at radius 2 is 1.92 bits per heavy atom. The number of carbonyl (C=O) groups is 2. The van der Waals surface area contributed by atoms with E-state index < -0.39 is 0 Å². The number of halogens is 3. The molecule has 1 aliphatic rings. The number of nitrogens with two attached hydrogens (primary N) is 1. The molecule has 0 unspecified atom stereocenters. The Hall–Kier alpha value is -1.05. The summed E-state index contributed by atoms with van der Waals surface area (Å²) in [6.07, 6.45) is 2.63. The lowest BCUT2D eigenvalue weighted by Crippen LogP contribution is -2.45. The van der Waals surface area contributed by atoms with Crippen LogP contribution in [0.5, 0.6) is 0 Å². The van der Waals surface area contributed by atoms with Crippen LogP contribution in [0.1, 0.15) is 29.6 Å². The molecule has 9 heteroatoms. The van der Waals surface area contributed by atoms with Gasteiger partial charge in [-0.25, -0.2) is 0 Å². The number of hydrogen-bond donors (Lipinski definition) is 2. The molecule has 2 rings (SSSR count). The fourth-order valence-corrected chi connectivity index (χ4v) is 2.91.